The second-order valence-electron chi connectivity index (χ2n) is 3.32. The minimum Gasteiger partial charge on any atom is -0.352 e. The summed E-state index contributed by atoms with van der Waals surface area (Å²) in [6.45, 7) is 1.93. The van der Waals surface area contributed by atoms with E-state index in [9.17, 15) is 0 Å². The van der Waals surface area contributed by atoms with Gasteiger partial charge in [-0.1, -0.05) is 0 Å². The normalized spacial score (nSPS) is 9.50. The quantitative estimate of drug-likeness (QED) is 0.826. The third-order valence-corrected chi connectivity index (χ3v) is 2.10. The van der Waals surface area contributed by atoms with Gasteiger partial charge < -0.3 is 5.32 Å². The highest BCUT2D eigenvalue weighted by molar-refractivity contribution is 5.63. The monoisotopic (exact) mass is 210 g/mol. The molecule has 4 heteroatoms. The molecule has 0 aliphatic carbocycles. The van der Waals surface area contributed by atoms with Crippen molar-refractivity contribution in [3.63, 3.8) is 0 Å². The van der Waals surface area contributed by atoms with Crippen LogP contribution >= 0.6 is 0 Å². The maximum absolute atomic E-state index is 8.87. The van der Waals surface area contributed by atoms with Gasteiger partial charge in [0.05, 0.1) is 17.6 Å². The molecular formula is C12H10N4. The van der Waals surface area contributed by atoms with E-state index < -0.39 is 0 Å². The van der Waals surface area contributed by atoms with Gasteiger partial charge in [0.25, 0.3) is 0 Å². The molecule has 2 aromatic heterocycles. The van der Waals surface area contributed by atoms with Gasteiger partial charge in [-0.2, -0.15) is 5.26 Å². The van der Waals surface area contributed by atoms with Crippen LogP contribution in [-0.2, 0) is 0 Å². The first kappa shape index (κ1) is 10.1. The molecule has 0 fully saturated rings. The van der Waals surface area contributed by atoms with E-state index in [1.807, 2.05) is 31.2 Å². The average molecular weight is 210 g/mol. The molecule has 16 heavy (non-hydrogen) atoms. The van der Waals surface area contributed by atoms with Gasteiger partial charge in [-0.05, 0) is 31.2 Å². The Morgan fingerprint density at radius 3 is 2.81 bits per heavy atom. The van der Waals surface area contributed by atoms with Crippen LogP contribution in [0, 0.1) is 18.3 Å². The van der Waals surface area contributed by atoms with E-state index in [0.29, 0.717) is 11.4 Å². The van der Waals surface area contributed by atoms with Crippen LogP contribution in [0.25, 0.3) is 0 Å². The summed E-state index contributed by atoms with van der Waals surface area (Å²) in [4.78, 5) is 8.13. The molecule has 0 aliphatic rings. The van der Waals surface area contributed by atoms with Crippen LogP contribution in [0.1, 0.15) is 11.4 Å². The topological polar surface area (TPSA) is 61.6 Å². The summed E-state index contributed by atoms with van der Waals surface area (Å²) in [5.41, 5.74) is 2.87. The molecule has 0 unspecified atom stereocenters. The van der Waals surface area contributed by atoms with E-state index in [1.165, 1.54) is 0 Å². The summed E-state index contributed by atoms with van der Waals surface area (Å²) in [6, 6.07) is 9.45. The first-order chi connectivity index (χ1) is 7.79. The van der Waals surface area contributed by atoms with Gasteiger partial charge in [-0.15, -0.1) is 0 Å². The minimum absolute atomic E-state index is 0.378. The molecule has 0 radical (unpaired) electrons. The Labute approximate surface area is 93.6 Å². The van der Waals surface area contributed by atoms with E-state index in [2.05, 4.69) is 15.3 Å². The highest BCUT2D eigenvalue weighted by atomic mass is 14.9. The smallest absolute Gasteiger partial charge is 0.163 e. The summed E-state index contributed by atoms with van der Waals surface area (Å²) in [7, 11) is 0. The summed E-state index contributed by atoms with van der Waals surface area (Å²) in [5, 5.41) is 12.0. The zero-order valence-corrected chi connectivity index (χ0v) is 8.81. The lowest BCUT2D eigenvalue weighted by molar-refractivity contribution is 1.20. The molecule has 2 heterocycles. The molecule has 0 aromatic carbocycles. The summed E-state index contributed by atoms with van der Waals surface area (Å²) in [6.07, 6.45) is 3.32. The molecule has 0 atom stereocenters. The van der Waals surface area contributed by atoms with Crippen molar-refractivity contribution < 1.29 is 0 Å². The molecule has 2 aromatic rings. The highest BCUT2D eigenvalue weighted by Crippen LogP contribution is 2.17. The first-order valence-corrected chi connectivity index (χ1v) is 4.84. The molecule has 0 saturated heterocycles. The Bertz CT molecular complexity index is 525. The Balaban J connectivity index is 2.27. The largest absolute Gasteiger partial charge is 0.352 e. The standard InChI is InChI=1S/C12H10N4/c1-9-4-5-10(8-15-9)16-11-3-2-6-14-12(11)7-13/h2-6,8,16H,1H3. The van der Waals surface area contributed by atoms with Crippen LogP contribution in [0.2, 0.25) is 0 Å². The second-order valence-corrected chi connectivity index (χ2v) is 3.32. The fraction of sp³-hybridized carbons (Fsp3) is 0.0833. The van der Waals surface area contributed by atoms with Crippen molar-refractivity contribution in [3.05, 3.63) is 48.0 Å². The SMILES string of the molecule is Cc1ccc(Nc2cccnc2C#N)cn1. The fourth-order valence-electron chi connectivity index (χ4n) is 1.29. The molecule has 1 N–H and O–H groups in total. The van der Waals surface area contributed by atoms with E-state index in [1.54, 1.807) is 18.5 Å². The molecule has 0 spiro atoms. The molecule has 78 valence electrons. The number of hydrogen-bond acceptors (Lipinski definition) is 4. The second kappa shape index (κ2) is 4.41. The van der Waals surface area contributed by atoms with E-state index in [4.69, 9.17) is 5.26 Å². The van der Waals surface area contributed by atoms with E-state index in [0.717, 1.165) is 11.4 Å². The number of aromatic nitrogens is 2. The van der Waals surface area contributed by atoms with Crippen molar-refractivity contribution in [2.75, 3.05) is 5.32 Å². The number of nitriles is 1. The number of hydrogen-bond donors (Lipinski definition) is 1. The third-order valence-electron chi connectivity index (χ3n) is 2.10. The highest BCUT2D eigenvalue weighted by Gasteiger charge is 2.02. The van der Waals surface area contributed by atoms with Crippen molar-refractivity contribution in [2.24, 2.45) is 0 Å². The van der Waals surface area contributed by atoms with Crippen molar-refractivity contribution in [2.45, 2.75) is 6.92 Å². The van der Waals surface area contributed by atoms with Crippen LogP contribution in [-0.4, -0.2) is 9.97 Å². The lowest BCUT2D eigenvalue weighted by Crippen LogP contribution is -1.96. The number of rotatable bonds is 2. The lowest BCUT2D eigenvalue weighted by atomic mass is 10.3. The van der Waals surface area contributed by atoms with Gasteiger partial charge in [0, 0.05) is 11.9 Å². The van der Waals surface area contributed by atoms with Gasteiger partial charge >= 0.3 is 0 Å². The first-order valence-electron chi connectivity index (χ1n) is 4.84. The van der Waals surface area contributed by atoms with Crippen molar-refractivity contribution in [3.8, 4) is 6.07 Å². The maximum Gasteiger partial charge on any atom is 0.163 e. The molecule has 4 nitrogen and oxygen atoms in total. The molecule has 2 rings (SSSR count). The molecule has 0 saturated carbocycles. The molecule has 0 bridgehead atoms. The maximum atomic E-state index is 8.87. The number of nitrogens with zero attached hydrogens (tertiary/aromatic N) is 3. The van der Waals surface area contributed by atoms with Crippen molar-refractivity contribution in [1.29, 1.82) is 5.26 Å². The van der Waals surface area contributed by atoms with Crippen molar-refractivity contribution in [1.82, 2.24) is 9.97 Å². The predicted octanol–water partition coefficient (Wildman–Crippen LogP) is 2.40. The summed E-state index contributed by atoms with van der Waals surface area (Å²) in [5.74, 6) is 0. The third kappa shape index (κ3) is 2.15. The zero-order valence-electron chi connectivity index (χ0n) is 8.81. The number of nitrogens with one attached hydrogen (secondary N) is 1. The van der Waals surface area contributed by atoms with Gasteiger partial charge in [-0.3, -0.25) is 4.98 Å². The molecular weight excluding hydrogens is 200 g/mol. The van der Waals surface area contributed by atoms with Crippen LogP contribution in [0.5, 0.6) is 0 Å². The Morgan fingerprint density at radius 2 is 2.12 bits per heavy atom. The van der Waals surface area contributed by atoms with E-state index in [-0.39, 0.29) is 0 Å². The van der Waals surface area contributed by atoms with Crippen LogP contribution in [0.4, 0.5) is 11.4 Å². The Morgan fingerprint density at radius 1 is 1.25 bits per heavy atom. The van der Waals surface area contributed by atoms with Crippen molar-refractivity contribution >= 4 is 11.4 Å². The summed E-state index contributed by atoms with van der Waals surface area (Å²) < 4.78 is 0. The van der Waals surface area contributed by atoms with Gasteiger partial charge in [0.15, 0.2) is 5.69 Å². The van der Waals surface area contributed by atoms with Gasteiger partial charge in [0.1, 0.15) is 6.07 Å². The van der Waals surface area contributed by atoms with Crippen LogP contribution in [0.3, 0.4) is 0 Å². The Kier molecular flexibility index (Phi) is 2.79. The molecule has 0 amide bonds. The lowest BCUT2D eigenvalue weighted by Gasteiger charge is -2.06. The van der Waals surface area contributed by atoms with Crippen LogP contribution in [0.15, 0.2) is 36.7 Å². The molecule has 0 aliphatic heterocycles. The van der Waals surface area contributed by atoms with Gasteiger partial charge in [-0.25, -0.2) is 4.98 Å². The summed E-state index contributed by atoms with van der Waals surface area (Å²) >= 11 is 0. The van der Waals surface area contributed by atoms with Gasteiger partial charge in [0.2, 0.25) is 0 Å². The predicted molar refractivity (Wildman–Crippen MR) is 61.2 cm³/mol. The fourth-order valence-corrected chi connectivity index (χ4v) is 1.29. The number of anilines is 2. The number of aryl methyl sites for hydroxylation is 1. The zero-order chi connectivity index (χ0) is 11.4. The van der Waals surface area contributed by atoms with Crippen LogP contribution < -0.4 is 5.32 Å². The Hall–Kier alpha value is -2.41. The number of pyridine rings is 2. The average Bonchev–Trinajstić information content (AvgIpc) is 2.33. The van der Waals surface area contributed by atoms with E-state index >= 15 is 0 Å². The minimum atomic E-state index is 0.378.